The van der Waals surface area contributed by atoms with Crippen LogP contribution in [0.15, 0.2) is 42.5 Å². The van der Waals surface area contributed by atoms with Gasteiger partial charge in [-0.25, -0.2) is 0 Å². The molecule has 104 valence electrons. The molecule has 1 aliphatic rings. The van der Waals surface area contributed by atoms with Crippen LogP contribution in [-0.2, 0) is 4.74 Å². The van der Waals surface area contributed by atoms with E-state index in [4.69, 9.17) is 10.5 Å². The summed E-state index contributed by atoms with van der Waals surface area (Å²) in [6, 6.07) is 13.3. The lowest BCUT2D eigenvalue weighted by Crippen LogP contribution is -2.36. The molecule has 3 N–H and O–H groups in total. The Hall–Kier alpha value is -2.20. The maximum Gasteiger partial charge on any atom is 0.123 e. The van der Waals surface area contributed by atoms with Crippen LogP contribution in [0.25, 0.3) is 11.1 Å². The number of phenols is 1. The van der Waals surface area contributed by atoms with Gasteiger partial charge in [0.05, 0.1) is 13.2 Å². The number of phenolic OH excluding ortho intramolecular Hbond substituents is 1. The van der Waals surface area contributed by atoms with Gasteiger partial charge in [-0.3, -0.25) is 0 Å². The van der Waals surface area contributed by atoms with Gasteiger partial charge in [-0.05, 0) is 35.9 Å². The van der Waals surface area contributed by atoms with Crippen molar-refractivity contribution in [2.75, 3.05) is 36.9 Å². The van der Waals surface area contributed by atoms with E-state index in [1.54, 1.807) is 18.2 Å². The summed E-state index contributed by atoms with van der Waals surface area (Å²) >= 11 is 0. The highest BCUT2D eigenvalue weighted by molar-refractivity contribution is 5.74. The normalized spacial score (nSPS) is 15.3. The number of morpholine rings is 1. The SMILES string of the molecule is Nc1ccc(O)c(-c2ccc(N3CCOCC3)cc2)c1. The van der Waals surface area contributed by atoms with Gasteiger partial charge in [0.2, 0.25) is 0 Å². The number of nitrogens with zero attached hydrogens (tertiary/aromatic N) is 1. The molecule has 2 aromatic carbocycles. The Balaban J connectivity index is 1.87. The van der Waals surface area contributed by atoms with Gasteiger partial charge in [0.1, 0.15) is 5.75 Å². The van der Waals surface area contributed by atoms with E-state index in [1.165, 1.54) is 5.69 Å². The predicted octanol–water partition coefficient (Wildman–Crippen LogP) is 2.48. The van der Waals surface area contributed by atoms with Crippen LogP contribution in [0, 0.1) is 0 Å². The highest BCUT2D eigenvalue weighted by Crippen LogP contribution is 2.32. The number of hydrogen-bond acceptors (Lipinski definition) is 4. The summed E-state index contributed by atoms with van der Waals surface area (Å²) in [4.78, 5) is 2.30. The van der Waals surface area contributed by atoms with Gasteiger partial charge in [0.25, 0.3) is 0 Å². The van der Waals surface area contributed by atoms with Gasteiger partial charge in [-0.1, -0.05) is 12.1 Å². The average Bonchev–Trinajstić information content (AvgIpc) is 2.51. The number of ether oxygens (including phenoxy) is 1. The first-order valence-electron chi connectivity index (χ1n) is 6.76. The molecule has 1 saturated heterocycles. The van der Waals surface area contributed by atoms with Crippen LogP contribution in [-0.4, -0.2) is 31.4 Å². The zero-order valence-electron chi connectivity index (χ0n) is 11.2. The quantitative estimate of drug-likeness (QED) is 0.650. The lowest BCUT2D eigenvalue weighted by atomic mass is 10.0. The summed E-state index contributed by atoms with van der Waals surface area (Å²) < 4.78 is 5.35. The molecule has 1 fully saturated rings. The van der Waals surface area contributed by atoms with Gasteiger partial charge in [0, 0.05) is 30.0 Å². The van der Waals surface area contributed by atoms with Crippen LogP contribution >= 0.6 is 0 Å². The molecule has 1 aliphatic heterocycles. The molecule has 0 saturated carbocycles. The third-order valence-corrected chi connectivity index (χ3v) is 3.58. The second kappa shape index (κ2) is 5.43. The van der Waals surface area contributed by atoms with E-state index in [0.29, 0.717) is 5.69 Å². The molecule has 0 amide bonds. The fraction of sp³-hybridized carbons (Fsp3) is 0.250. The van der Waals surface area contributed by atoms with Crippen LogP contribution in [0.3, 0.4) is 0 Å². The molecule has 0 spiro atoms. The van der Waals surface area contributed by atoms with Gasteiger partial charge in [-0.2, -0.15) is 0 Å². The Morgan fingerprint density at radius 2 is 1.70 bits per heavy atom. The number of anilines is 2. The predicted molar refractivity (Wildman–Crippen MR) is 81.0 cm³/mol. The monoisotopic (exact) mass is 270 g/mol. The molecule has 4 heteroatoms. The minimum absolute atomic E-state index is 0.248. The number of rotatable bonds is 2. The first-order valence-corrected chi connectivity index (χ1v) is 6.76. The van der Waals surface area contributed by atoms with Crippen molar-refractivity contribution in [2.45, 2.75) is 0 Å². The second-order valence-electron chi connectivity index (χ2n) is 4.92. The van der Waals surface area contributed by atoms with Crippen molar-refractivity contribution < 1.29 is 9.84 Å². The molecule has 1 heterocycles. The van der Waals surface area contributed by atoms with Gasteiger partial charge in [0.15, 0.2) is 0 Å². The Labute approximate surface area is 118 Å². The van der Waals surface area contributed by atoms with E-state index in [-0.39, 0.29) is 5.75 Å². The van der Waals surface area contributed by atoms with Gasteiger partial charge >= 0.3 is 0 Å². The number of benzene rings is 2. The number of aromatic hydroxyl groups is 1. The fourth-order valence-electron chi connectivity index (χ4n) is 2.46. The topological polar surface area (TPSA) is 58.7 Å². The minimum Gasteiger partial charge on any atom is -0.507 e. The average molecular weight is 270 g/mol. The van der Waals surface area contributed by atoms with Crippen LogP contribution in [0.5, 0.6) is 5.75 Å². The maximum absolute atomic E-state index is 9.92. The Bertz CT molecular complexity index is 590. The van der Waals surface area contributed by atoms with Crippen molar-refractivity contribution in [3.8, 4) is 16.9 Å². The summed E-state index contributed by atoms with van der Waals surface area (Å²) in [5.74, 6) is 0.248. The second-order valence-corrected chi connectivity index (χ2v) is 4.92. The van der Waals surface area contributed by atoms with Crippen LogP contribution in [0.4, 0.5) is 11.4 Å². The highest BCUT2D eigenvalue weighted by Gasteiger charge is 2.11. The van der Waals surface area contributed by atoms with Crippen molar-refractivity contribution in [2.24, 2.45) is 0 Å². The first kappa shape index (κ1) is 12.8. The zero-order valence-corrected chi connectivity index (χ0v) is 11.2. The number of nitrogens with two attached hydrogens (primary N) is 1. The van der Waals surface area contributed by atoms with Crippen molar-refractivity contribution >= 4 is 11.4 Å². The molecule has 0 radical (unpaired) electrons. The summed E-state index contributed by atoms with van der Waals surface area (Å²) in [6.45, 7) is 3.39. The Morgan fingerprint density at radius 3 is 2.40 bits per heavy atom. The summed E-state index contributed by atoms with van der Waals surface area (Å²) in [6.07, 6.45) is 0. The van der Waals surface area contributed by atoms with Crippen molar-refractivity contribution in [3.05, 3.63) is 42.5 Å². The zero-order chi connectivity index (χ0) is 13.9. The lowest BCUT2D eigenvalue weighted by Gasteiger charge is -2.28. The van der Waals surface area contributed by atoms with Gasteiger partial charge < -0.3 is 20.5 Å². The molecule has 0 aliphatic carbocycles. The summed E-state index contributed by atoms with van der Waals surface area (Å²) in [5, 5.41) is 9.92. The maximum atomic E-state index is 9.92. The molecule has 0 unspecified atom stereocenters. The van der Waals surface area contributed by atoms with E-state index in [9.17, 15) is 5.11 Å². The fourth-order valence-corrected chi connectivity index (χ4v) is 2.46. The van der Waals surface area contributed by atoms with Crippen LogP contribution < -0.4 is 10.6 Å². The molecular formula is C16H18N2O2. The first-order chi connectivity index (χ1) is 9.74. The minimum atomic E-state index is 0.248. The molecule has 3 rings (SSSR count). The number of hydrogen-bond donors (Lipinski definition) is 2. The number of nitrogen functional groups attached to an aromatic ring is 1. The Kier molecular flexibility index (Phi) is 3.48. The molecule has 20 heavy (non-hydrogen) atoms. The van der Waals surface area contributed by atoms with E-state index >= 15 is 0 Å². The molecule has 4 nitrogen and oxygen atoms in total. The van der Waals surface area contributed by atoms with E-state index in [1.807, 2.05) is 12.1 Å². The lowest BCUT2D eigenvalue weighted by molar-refractivity contribution is 0.122. The molecule has 0 bridgehead atoms. The van der Waals surface area contributed by atoms with E-state index in [2.05, 4.69) is 17.0 Å². The third-order valence-electron chi connectivity index (χ3n) is 3.58. The standard InChI is InChI=1S/C16H18N2O2/c17-13-3-6-16(19)15(11-13)12-1-4-14(5-2-12)18-7-9-20-10-8-18/h1-6,11,19H,7-10,17H2. The third kappa shape index (κ3) is 2.56. The Morgan fingerprint density at radius 1 is 1.00 bits per heavy atom. The summed E-state index contributed by atoms with van der Waals surface area (Å²) in [7, 11) is 0. The van der Waals surface area contributed by atoms with E-state index < -0.39 is 0 Å². The molecule has 2 aromatic rings. The largest absolute Gasteiger partial charge is 0.507 e. The molecule has 0 atom stereocenters. The van der Waals surface area contributed by atoms with Crippen LogP contribution in [0.1, 0.15) is 0 Å². The molecular weight excluding hydrogens is 252 g/mol. The van der Waals surface area contributed by atoms with Crippen molar-refractivity contribution in [3.63, 3.8) is 0 Å². The van der Waals surface area contributed by atoms with Crippen molar-refractivity contribution in [1.29, 1.82) is 0 Å². The van der Waals surface area contributed by atoms with Crippen molar-refractivity contribution in [1.82, 2.24) is 0 Å². The van der Waals surface area contributed by atoms with Gasteiger partial charge in [-0.15, -0.1) is 0 Å². The molecule has 0 aromatic heterocycles. The smallest absolute Gasteiger partial charge is 0.123 e. The highest BCUT2D eigenvalue weighted by atomic mass is 16.5. The van der Waals surface area contributed by atoms with E-state index in [0.717, 1.165) is 37.4 Å². The summed E-state index contributed by atoms with van der Waals surface area (Å²) in [5.41, 5.74) is 9.33. The van der Waals surface area contributed by atoms with Crippen LogP contribution in [0.2, 0.25) is 0 Å².